The fourth-order valence-corrected chi connectivity index (χ4v) is 4.71. The second-order valence-electron chi connectivity index (χ2n) is 8.75. The number of benzene rings is 2. The molecular formula is C26H33N3O3. The lowest BCUT2D eigenvalue weighted by Crippen LogP contribution is -2.41. The number of piperidine rings is 1. The van der Waals surface area contributed by atoms with Crippen molar-refractivity contribution in [3.8, 4) is 5.75 Å². The van der Waals surface area contributed by atoms with Crippen LogP contribution in [0.15, 0.2) is 48.5 Å². The molecule has 1 saturated carbocycles. The third kappa shape index (κ3) is 5.61. The Morgan fingerprint density at radius 1 is 1.03 bits per heavy atom. The molecule has 2 N–H and O–H groups in total. The number of urea groups is 1. The van der Waals surface area contributed by atoms with E-state index in [-0.39, 0.29) is 17.9 Å². The maximum absolute atomic E-state index is 12.8. The maximum Gasteiger partial charge on any atom is 0.321 e. The van der Waals surface area contributed by atoms with Crippen LogP contribution in [-0.2, 0) is 0 Å². The first-order valence-corrected chi connectivity index (χ1v) is 11.8. The molecule has 1 atom stereocenters. The second-order valence-corrected chi connectivity index (χ2v) is 8.75. The fraction of sp³-hybridized carbons (Fsp3) is 0.462. The molecule has 0 aromatic heterocycles. The normalized spacial score (nSPS) is 18.9. The lowest BCUT2D eigenvalue weighted by Gasteiger charge is -2.33. The number of carbonyl (C=O) groups is 2. The number of ether oxygens (including phenoxy) is 1. The summed E-state index contributed by atoms with van der Waals surface area (Å²) in [4.78, 5) is 27.4. The van der Waals surface area contributed by atoms with Crippen molar-refractivity contribution < 1.29 is 14.3 Å². The SMILES string of the molecule is CCOc1ccc(NC(=O)N2CCC[C@H](c3cccc(C(=O)NC4CCCC4)c3)C2)cc1. The van der Waals surface area contributed by atoms with E-state index in [1.807, 2.05) is 54.3 Å². The first-order chi connectivity index (χ1) is 15.6. The van der Waals surface area contributed by atoms with E-state index in [0.717, 1.165) is 49.2 Å². The largest absolute Gasteiger partial charge is 0.494 e. The molecule has 2 aromatic rings. The smallest absolute Gasteiger partial charge is 0.321 e. The van der Waals surface area contributed by atoms with E-state index in [0.29, 0.717) is 24.8 Å². The molecule has 0 radical (unpaired) electrons. The zero-order chi connectivity index (χ0) is 22.3. The summed E-state index contributed by atoms with van der Waals surface area (Å²) in [6.07, 6.45) is 6.50. The Balaban J connectivity index is 1.36. The summed E-state index contributed by atoms with van der Waals surface area (Å²) in [7, 11) is 0. The van der Waals surface area contributed by atoms with Crippen LogP contribution in [0.4, 0.5) is 10.5 Å². The Bertz CT molecular complexity index is 922. The van der Waals surface area contributed by atoms with Crippen molar-refractivity contribution in [2.75, 3.05) is 25.0 Å². The van der Waals surface area contributed by atoms with Crippen molar-refractivity contribution in [1.82, 2.24) is 10.2 Å². The predicted octanol–water partition coefficient (Wildman–Crippen LogP) is 5.17. The van der Waals surface area contributed by atoms with Gasteiger partial charge in [0.2, 0.25) is 0 Å². The van der Waals surface area contributed by atoms with Gasteiger partial charge in [0.1, 0.15) is 5.75 Å². The van der Waals surface area contributed by atoms with Gasteiger partial charge in [-0.25, -0.2) is 4.79 Å². The lowest BCUT2D eigenvalue weighted by atomic mass is 9.89. The average molecular weight is 436 g/mol. The molecule has 0 unspecified atom stereocenters. The Labute approximate surface area is 190 Å². The van der Waals surface area contributed by atoms with E-state index in [1.165, 1.54) is 12.8 Å². The van der Waals surface area contributed by atoms with Crippen molar-refractivity contribution in [3.63, 3.8) is 0 Å². The van der Waals surface area contributed by atoms with E-state index >= 15 is 0 Å². The van der Waals surface area contributed by atoms with Gasteiger partial charge >= 0.3 is 6.03 Å². The highest BCUT2D eigenvalue weighted by molar-refractivity contribution is 5.94. The van der Waals surface area contributed by atoms with Gasteiger partial charge in [-0.1, -0.05) is 25.0 Å². The quantitative estimate of drug-likeness (QED) is 0.658. The summed E-state index contributed by atoms with van der Waals surface area (Å²) >= 11 is 0. The molecule has 6 nitrogen and oxygen atoms in total. The van der Waals surface area contributed by atoms with Crippen LogP contribution in [0, 0.1) is 0 Å². The summed E-state index contributed by atoms with van der Waals surface area (Å²) in [5, 5.41) is 6.16. The van der Waals surface area contributed by atoms with Gasteiger partial charge in [-0.3, -0.25) is 4.79 Å². The minimum absolute atomic E-state index is 0.0136. The number of rotatable bonds is 6. The molecule has 2 fully saturated rings. The Hall–Kier alpha value is -3.02. The molecule has 1 saturated heterocycles. The van der Waals surface area contributed by atoms with Crippen LogP contribution in [-0.4, -0.2) is 42.6 Å². The van der Waals surface area contributed by atoms with Crippen molar-refractivity contribution in [1.29, 1.82) is 0 Å². The van der Waals surface area contributed by atoms with Gasteiger partial charge in [-0.2, -0.15) is 0 Å². The van der Waals surface area contributed by atoms with Crippen LogP contribution in [0.25, 0.3) is 0 Å². The summed E-state index contributed by atoms with van der Waals surface area (Å²) < 4.78 is 5.46. The summed E-state index contributed by atoms with van der Waals surface area (Å²) in [6.45, 7) is 3.95. The topological polar surface area (TPSA) is 70.7 Å². The molecular weight excluding hydrogens is 402 g/mol. The molecule has 32 heavy (non-hydrogen) atoms. The van der Waals surface area contributed by atoms with Crippen molar-refractivity contribution in [2.45, 2.75) is 57.4 Å². The Kier molecular flexibility index (Phi) is 7.30. The average Bonchev–Trinajstić information content (AvgIpc) is 3.34. The van der Waals surface area contributed by atoms with Gasteiger partial charge in [0.25, 0.3) is 5.91 Å². The number of hydrogen-bond acceptors (Lipinski definition) is 3. The van der Waals surface area contributed by atoms with Gasteiger partial charge < -0.3 is 20.3 Å². The van der Waals surface area contributed by atoms with Crippen molar-refractivity contribution in [3.05, 3.63) is 59.7 Å². The molecule has 2 aliphatic rings. The highest BCUT2D eigenvalue weighted by Gasteiger charge is 2.26. The zero-order valence-corrected chi connectivity index (χ0v) is 18.8. The van der Waals surface area contributed by atoms with Crippen LogP contribution < -0.4 is 15.4 Å². The summed E-state index contributed by atoms with van der Waals surface area (Å²) in [5.41, 5.74) is 2.60. The van der Waals surface area contributed by atoms with E-state index < -0.39 is 0 Å². The third-order valence-electron chi connectivity index (χ3n) is 6.44. The number of hydrogen-bond donors (Lipinski definition) is 2. The van der Waals surface area contributed by atoms with Gasteiger partial charge in [0.05, 0.1) is 6.61 Å². The van der Waals surface area contributed by atoms with Crippen LogP contribution >= 0.6 is 0 Å². The molecule has 170 valence electrons. The number of anilines is 1. The van der Waals surface area contributed by atoms with Crippen LogP contribution in [0.2, 0.25) is 0 Å². The van der Waals surface area contributed by atoms with Gasteiger partial charge in [0, 0.05) is 36.3 Å². The molecule has 0 bridgehead atoms. The Morgan fingerprint density at radius 3 is 2.56 bits per heavy atom. The number of nitrogens with zero attached hydrogens (tertiary/aromatic N) is 1. The fourth-order valence-electron chi connectivity index (χ4n) is 4.71. The second kappa shape index (κ2) is 10.5. The van der Waals surface area contributed by atoms with Crippen LogP contribution in [0.3, 0.4) is 0 Å². The predicted molar refractivity (Wildman–Crippen MR) is 126 cm³/mol. The van der Waals surface area contributed by atoms with Crippen molar-refractivity contribution in [2.24, 2.45) is 0 Å². The summed E-state index contributed by atoms with van der Waals surface area (Å²) in [6, 6.07) is 15.6. The van der Waals surface area contributed by atoms with Gasteiger partial charge in [0.15, 0.2) is 0 Å². The number of carbonyl (C=O) groups excluding carboxylic acids is 2. The molecule has 0 spiro atoms. The van der Waals surface area contributed by atoms with Crippen molar-refractivity contribution >= 4 is 17.6 Å². The Morgan fingerprint density at radius 2 is 1.81 bits per heavy atom. The monoisotopic (exact) mass is 435 g/mol. The maximum atomic E-state index is 12.8. The lowest BCUT2D eigenvalue weighted by molar-refractivity contribution is 0.0937. The van der Waals surface area contributed by atoms with E-state index in [9.17, 15) is 9.59 Å². The van der Waals surface area contributed by atoms with Crippen LogP contribution in [0.1, 0.15) is 67.3 Å². The molecule has 2 aromatic carbocycles. The van der Waals surface area contributed by atoms with E-state index in [1.54, 1.807) is 0 Å². The minimum atomic E-state index is -0.0889. The highest BCUT2D eigenvalue weighted by Crippen LogP contribution is 2.28. The molecule has 1 heterocycles. The van der Waals surface area contributed by atoms with Crippen LogP contribution in [0.5, 0.6) is 5.75 Å². The highest BCUT2D eigenvalue weighted by atomic mass is 16.5. The molecule has 1 aliphatic carbocycles. The van der Waals surface area contributed by atoms with Gasteiger partial charge in [-0.05, 0) is 74.6 Å². The molecule has 1 aliphatic heterocycles. The molecule has 4 rings (SSSR count). The number of amides is 3. The minimum Gasteiger partial charge on any atom is -0.494 e. The first-order valence-electron chi connectivity index (χ1n) is 11.8. The summed E-state index contributed by atoms with van der Waals surface area (Å²) in [5.74, 6) is 1.04. The third-order valence-corrected chi connectivity index (χ3v) is 6.44. The number of nitrogens with one attached hydrogen (secondary N) is 2. The molecule has 6 heteroatoms. The van der Waals surface area contributed by atoms with E-state index in [4.69, 9.17) is 4.74 Å². The number of likely N-dealkylation sites (tertiary alicyclic amines) is 1. The molecule has 3 amide bonds. The first kappa shape index (κ1) is 22.2. The standard InChI is InChI=1S/C26H33N3O3/c1-2-32-24-14-12-23(13-15-24)28-26(31)29-16-6-9-21(18-29)19-7-5-8-20(17-19)25(30)27-22-10-3-4-11-22/h5,7-8,12-15,17,21-22H,2-4,6,9-11,16,18H2,1H3,(H,27,30)(H,28,31)/t21-/m0/s1. The zero-order valence-electron chi connectivity index (χ0n) is 18.8. The van der Waals surface area contributed by atoms with E-state index in [2.05, 4.69) is 16.7 Å². The van der Waals surface area contributed by atoms with Gasteiger partial charge in [-0.15, -0.1) is 0 Å².